The Hall–Kier alpha value is -2.08. The molecule has 186 valence electrons. The molecular formula is C24H30O10. The molecule has 1 aromatic rings. The number of hydrogen-bond acceptors (Lipinski definition) is 10. The number of fused-ring (bicyclic) bond motifs is 1. The maximum atomic E-state index is 13.3. The van der Waals surface area contributed by atoms with Gasteiger partial charge in [0, 0.05) is 17.8 Å². The molecule has 1 aromatic carbocycles. The summed E-state index contributed by atoms with van der Waals surface area (Å²) >= 11 is 0. The Morgan fingerprint density at radius 1 is 1.06 bits per heavy atom. The molecule has 0 radical (unpaired) electrons. The zero-order valence-electron chi connectivity index (χ0n) is 18.7. The molecule has 0 aromatic heterocycles. The van der Waals surface area contributed by atoms with E-state index >= 15 is 0 Å². The first-order chi connectivity index (χ1) is 16.1. The first-order valence-corrected chi connectivity index (χ1v) is 11.5. The van der Waals surface area contributed by atoms with Crippen LogP contribution in [-0.4, -0.2) is 92.9 Å². The van der Waals surface area contributed by atoms with Crippen LogP contribution < -0.4 is 0 Å². The molecule has 6 unspecified atom stereocenters. The third-order valence-electron chi connectivity index (χ3n) is 8.79. The molecule has 2 saturated heterocycles. The lowest BCUT2D eigenvalue weighted by Crippen LogP contribution is -2.75. The van der Waals surface area contributed by atoms with Crippen molar-refractivity contribution in [3.63, 3.8) is 0 Å². The van der Waals surface area contributed by atoms with Crippen molar-refractivity contribution in [2.45, 2.75) is 68.4 Å². The lowest BCUT2D eigenvalue weighted by molar-refractivity contribution is -0.290. The van der Waals surface area contributed by atoms with E-state index < -0.39 is 77.5 Å². The molecule has 6 rings (SSSR count). The monoisotopic (exact) mass is 478 g/mol. The minimum absolute atomic E-state index is 0.0444. The highest BCUT2D eigenvalue weighted by atomic mass is 16.6. The summed E-state index contributed by atoms with van der Waals surface area (Å²) in [4.78, 5) is 26.0. The topological polar surface area (TPSA) is 163 Å². The largest absolute Gasteiger partial charge is 0.461 e. The Balaban J connectivity index is 1.46. The first-order valence-electron chi connectivity index (χ1n) is 11.5. The van der Waals surface area contributed by atoms with E-state index in [1.165, 1.54) is 0 Å². The molecule has 2 heterocycles. The van der Waals surface area contributed by atoms with Gasteiger partial charge in [0.25, 0.3) is 0 Å². The van der Waals surface area contributed by atoms with Gasteiger partial charge in [0.15, 0.2) is 0 Å². The molecule has 5 aliphatic rings. The van der Waals surface area contributed by atoms with E-state index in [1.54, 1.807) is 37.3 Å². The Kier molecular flexibility index (Phi) is 5.55. The first kappa shape index (κ1) is 23.7. The number of carbonyl (C=O) groups excluding carboxylic acids is 2. The van der Waals surface area contributed by atoms with Crippen molar-refractivity contribution < 1.29 is 49.3 Å². The van der Waals surface area contributed by atoms with Crippen molar-refractivity contribution in [3.8, 4) is 0 Å². The van der Waals surface area contributed by atoms with Crippen molar-refractivity contribution in [3.05, 3.63) is 35.9 Å². The van der Waals surface area contributed by atoms with E-state index in [0.29, 0.717) is 12.0 Å². The molecule has 4 bridgehead atoms. The molecule has 10 atom stereocenters. The quantitative estimate of drug-likeness (QED) is 0.325. The van der Waals surface area contributed by atoms with Crippen LogP contribution in [0.15, 0.2) is 30.3 Å². The highest BCUT2D eigenvalue weighted by Gasteiger charge is 2.86. The second-order valence-electron chi connectivity index (χ2n) is 10.3. The summed E-state index contributed by atoms with van der Waals surface area (Å²) < 4.78 is 17.2. The summed E-state index contributed by atoms with van der Waals surface area (Å²) in [7, 11) is 0. The van der Waals surface area contributed by atoms with Gasteiger partial charge in [0.05, 0.1) is 24.4 Å². The Morgan fingerprint density at radius 3 is 2.41 bits per heavy atom. The fourth-order valence-electron chi connectivity index (χ4n) is 6.94. The number of aliphatic hydroxyl groups is 5. The minimum Gasteiger partial charge on any atom is -0.461 e. The SMILES string of the molecule is C[C@]12C[C@@H](O)C3C[C@@]1(CC1OC(CO)C(O)C(O)C1O)[C@@]3(COC(=O)c1ccccc1)C(=O)O2. The van der Waals surface area contributed by atoms with Gasteiger partial charge in [0.2, 0.25) is 0 Å². The lowest BCUT2D eigenvalue weighted by Gasteiger charge is -2.67. The number of esters is 2. The fraction of sp³-hybridized carbons (Fsp3) is 0.667. The van der Waals surface area contributed by atoms with E-state index in [2.05, 4.69) is 0 Å². The zero-order chi connectivity index (χ0) is 24.5. The van der Waals surface area contributed by atoms with Crippen molar-refractivity contribution in [2.75, 3.05) is 13.2 Å². The highest BCUT2D eigenvalue weighted by molar-refractivity contribution is 5.90. The van der Waals surface area contributed by atoms with Crippen molar-refractivity contribution in [1.82, 2.24) is 0 Å². The summed E-state index contributed by atoms with van der Waals surface area (Å²) in [6, 6.07) is 8.34. The van der Waals surface area contributed by atoms with Crippen molar-refractivity contribution in [1.29, 1.82) is 0 Å². The van der Waals surface area contributed by atoms with Crippen molar-refractivity contribution >= 4 is 11.9 Å². The molecule has 10 nitrogen and oxygen atoms in total. The third-order valence-corrected chi connectivity index (χ3v) is 8.79. The smallest absolute Gasteiger partial charge is 0.338 e. The zero-order valence-corrected chi connectivity index (χ0v) is 18.7. The number of rotatable bonds is 6. The van der Waals surface area contributed by atoms with Crippen LogP contribution >= 0.6 is 0 Å². The molecule has 5 fully saturated rings. The van der Waals surface area contributed by atoms with E-state index in [-0.39, 0.29) is 19.4 Å². The number of benzene rings is 1. The molecule has 3 aliphatic carbocycles. The normalized spacial score (nSPS) is 47.0. The summed E-state index contributed by atoms with van der Waals surface area (Å²) in [6.45, 7) is 0.838. The van der Waals surface area contributed by atoms with Crippen LogP contribution in [0.25, 0.3) is 0 Å². The molecular weight excluding hydrogens is 448 g/mol. The van der Waals surface area contributed by atoms with Crippen LogP contribution in [0.5, 0.6) is 0 Å². The van der Waals surface area contributed by atoms with Gasteiger partial charge in [-0.25, -0.2) is 4.79 Å². The fourth-order valence-corrected chi connectivity index (χ4v) is 6.94. The maximum absolute atomic E-state index is 13.3. The molecule has 2 aliphatic heterocycles. The van der Waals surface area contributed by atoms with Gasteiger partial charge < -0.3 is 39.7 Å². The number of ether oxygens (including phenoxy) is 3. The van der Waals surface area contributed by atoms with Gasteiger partial charge in [0.1, 0.15) is 42.0 Å². The molecule has 5 N–H and O–H groups in total. The van der Waals surface area contributed by atoms with Gasteiger partial charge in [-0.05, 0) is 31.9 Å². The predicted molar refractivity (Wildman–Crippen MR) is 113 cm³/mol. The molecule has 10 heteroatoms. The Labute approximate surface area is 196 Å². The predicted octanol–water partition coefficient (Wildman–Crippen LogP) is -0.851. The van der Waals surface area contributed by atoms with Crippen LogP contribution in [0.3, 0.4) is 0 Å². The Bertz CT molecular complexity index is 968. The third kappa shape index (κ3) is 2.96. The average Bonchev–Trinajstić information content (AvgIpc) is 2.88. The van der Waals surface area contributed by atoms with Crippen LogP contribution in [0, 0.1) is 16.7 Å². The van der Waals surface area contributed by atoms with Gasteiger partial charge in [-0.2, -0.15) is 0 Å². The van der Waals surface area contributed by atoms with Gasteiger partial charge in [-0.1, -0.05) is 18.2 Å². The standard InChI is InChI=1S/C24H30O10/c1-22-8-14(26)13-7-23(22,9-15-17(27)19(29)18(28)16(10-25)33-15)24(13,21(31)34-22)11-32-20(30)12-5-3-2-4-6-12/h2-6,13-19,25-29H,7-11H2,1H3/t13?,14-,15?,16?,17?,18?,19?,22+,23+,24-/m1/s1. The van der Waals surface area contributed by atoms with Gasteiger partial charge in [-0.15, -0.1) is 0 Å². The van der Waals surface area contributed by atoms with E-state index in [1.807, 2.05) is 0 Å². The molecule has 0 spiro atoms. The molecule has 0 amide bonds. The van der Waals surface area contributed by atoms with Crippen LogP contribution in [0.4, 0.5) is 0 Å². The summed E-state index contributed by atoms with van der Waals surface area (Å²) in [5.74, 6) is -1.70. The average molecular weight is 478 g/mol. The maximum Gasteiger partial charge on any atom is 0.338 e. The van der Waals surface area contributed by atoms with E-state index in [4.69, 9.17) is 14.2 Å². The van der Waals surface area contributed by atoms with Crippen molar-refractivity contribution in [2.24, 2.45) is 16.7 Å². The summed E-state index contributed by atoms with van der Waals surface area (Å²) in [5, 5.41) is 51.4. The second kappa shape index (κ2) is 7.97. The lowest BCUT2D eigenvalue weighted by atomic mass is 9.34. The van der Waals surface area contributed by atoms with Gasteiger partial charge in [-0.3, -0.25) is 4.79 Å². The van der Waals surface area contributed by atoms with Crippen LogP contribution in [0.2, 0.25) is 0 Å². The molecule has 34 heavy (non-hydrogen) atoms. The summed E-state index contributed by atoms with van der Waals surface area (Å²) in [6.07, 6.45) is -6.88. The highest BCUT2D eigenvalue weighted by Crippen LogP contribution is 2.78. The van der Waals surface area contributed by atoms with Crippen LogP contribution in [0.1, 0.15) is 36.5 Å². The summed E-state index contributed by atoms with van der Waals surface area (Å²) in [5.41, 5.74) is -3.09. The van der Waals surface area contributed by atoms with E-state index in [0.717, 1.165) is 0 Å². The Morgan fingerprint density at radius 2 is 1.74 bits per heavy atom. The number of carbonyl (C=O) groups is 2. The number of hydrogen-bond donors (Lipinski definition) is 5. The number of aliphatic hydroxyl groups excluding tert-OH is 5. The molecule has 3 saturated carbocycles. The van der Waals surface area contributed by atoms with Crippen LogP contribution in [-0.2, 0) is 19.0 Å². The van der Waals surface area contributed by atoms with Gasteiger partial charge >= 0.3 is 11.9 Å². The second-order valence-corrected chi connectivity index (χ2v) is 10.3. The minimum atomic E-state index is -1.55. The van der Waals surface area contributed by atoms with E-state index in [9.17, 15) is 35.1 Å².